The standard InChI is InChI=1S/C13H17ClN2O3S/c1-3-19-13(18)16-11-5-4-10(15-9(2)17)8-12(11)20-7-6-14/h4-5,8H,3,6-7H2,1-2H3,(H,15,17)(H,16,18). The van der Waals surface area contributed by atoms with Crippen LogP contribution in [0.1, 0.15) is 13.8 Å². The van der Waals surface area contributed by atoms with E-state index >= 15 is 0 Å². The van der Waals surface area contributed by atoms with Crippen LogP contribution in [0.4, 0.5) is 16.2 Å². The molecular weight excluding hydrogens is 300 g/mol. The highest BCUT2D eigenvalue weighted by Gasteiger charge is 2.09. The molecule has 0 atom stereocenters. The fourth-order valence-electron chi connectivity index (χ4n) is 1.45. The summed E-state index contributed by atoms with van der Waals surface area (Å²) < 4.78 is 4.84. The fourth-order valence-corrected chi connectivity index (χ4v) is 2.47. The number of hydrogen-bond acceptors (Lipinski definition) is 4. The number of anilines is 2. The molecule has 0 aromatic heterocycles. The molecule has 5 nitrogen and oxygen atoms in total. The van der Waals surface area contributed by atoms with E-state index < -0.39 is 6.09 Å². The molecule has 0 heterocycles. The first kappa shape index (κ1) is 16.7. The van der Waals surface area contributed by atoms with E-state index in [4.69, 9.17) is 16.3 Å². The lowest BCUT2D eigenvalue weighted by atomic mass is 10.2. The molecule has 0 unspecified atom stereocenters. The maximum atomic E-state index is 11.5. The Bertz CT molecular complexity index is 483. The first-order valence-electron chi connectivity index (χ1n) is 6.11. The van der Waals surface area contributed by atoms with Crippen LogP contribution in [0.25, 0.3) is 0 Å². The Labute approximate surface area is 127 Å². The number of hydrogen-bond donors (Lipinski definition) is 2. The molecule has 0 saturated heterocycles. The third-order valence-electron chi connectivity index (χ3n) is 2.15. The minimum Gasteiger partial charge on any atom is -0.450 e. The highest BCUT2D eigenvalue weighted by atomic mass is 35.5. The number of thioether (sulfide) groups is 1. The number of benzene rings is 1. The smallest absolute Gasteiger partial charge is 0.411 e. The van der Waals surface area contributed by atoms with Gasteiger partial charge in [-0.15, -0.1) is 23.4 Å². The molecule has 110 valence electrons. The average Bonchev–Trinajstić information content (AvgIpc) is 2.38. The van der Waals surface area contributed by atoms with Gasteiger partial charge in [0.15, 0.2) is 0 Å². The van der Waals surface area contributed by atoms with Crippen molar-refractivity contribution >= 4 is 46.7 Å². The van der Waals surface area contributed by atoms with Crippen LogP contribution in [0.2, 0.25) is 0 Å². The molecule has 0 bridgehead atoms. The van der Waals surface area contributed by atoms with Gasteiger partial charge in [0.05, 0.1) is 12.3 Å². The van der Waals surface area contributed by atoms with Gasteiger partial charge in [-0.25, -0.2) is 4.79 Å². The van der Waals surface area contributed by atoms with Crippen molar-refractivity contribution in [2.45, 2.75) is 18.7 Å². The van der Waals surface area contributed by atoms with Crippen LogP contribution in [-0.2, 0) is 9.53 Å². The molecule has 1 aromatic rings. The Balaban J connectivity index is 2.90. The predicted molar refractivity (Wildman–Crippen MR) is 82.8 cm³/mol. The Kier molecular flexibility index (Phi) is 7.25. The van der Waals surface area contributed by atoms with Crippen molar-refractivity contribution in [1.29, 1.82) is 0 Å². The zero-order valence-corrected chi connectivity index (χ0v) is 12.9. The van der Waals surface area contributed by atoms with Crippen molar-refractivity contribution in [2.75, 3.05) is 28.9 Å². The van der Waals surface area contributed by atoms with Gasteiger partial charge < -0.3 is 10.1 Å². The second-order valence-electron chi connectivity index (χ2n) is 3.78. The summed E-state index contributed by atoms with van der Waals surface area (Å²) in [5.74, 6) is 1.04. The van der Waals surface area contributed by atoms with Crippen molar-refractivity contribution in [2.24, 2.45) is 0 Å². The molecule has 0 aliphatic carbocycles. The number of amides is 2. The Hall–Kier alpha value is -1.40. The first-order valence-corrected chi connectivity index (χ1v) is 7.63. The third-order valence-corrected chi connectivity index (χ3v) is 3.62. The van der Waals surface area contributed by atoms with E-state index in [1.54, 1.807) is 25.1 Å². The molecule has 1 rings (SSSR count). The summed E-state index contributed by atoms with van der Waals surface area (Å²) >= 11 is 7.18. The summed E-state index contributed by atoms with van der Waals surface area (Å²) in [7, 11) is 0. The number of halogens is 1. The van der Waals surface area contributed by atoms with Crippen LogP contribution in [0.5, 0.6) is 0 Å². The molecule has 0 fully saturated rings. The Morgan fingerprint density at radius 3 is 2.70 bits per heavy atom. The van der Waals surface area contributed by atoms with E-state index in [9.17, 15) is 9.59 Å². The van der Waals surface area contributed by atoms with Crippen LogP contribution >= 0.6 is 23.4 Å². The number of nitrogens with one attached hydrogen (secondary N) is 2. The molecule has 2 amide bonds. The van der Waals surface area contributed by atoms with Crippen LogP contribution in [0.3, 0.4) is 0 Å². The summed E-state index contributed by atoms with van der Waals surface area (Å²) in [6, 6.07) is 5.23. The molecule has 0 spiro atoms. The maximum Gasteiger partial charge on any atom is 0.411 e. The fraction of sp³-hybridized carbons (Fsp3) is 0.385. The van der Waals surface area contributed by atoms with Crippen molar-refractivity contribution in [3.05, 3.63) is 18.2 Å². The molecule has 0 saturated carbocycles. The van der Waals surface area contributed by atoms with Crippen molar-refractivity contribution < 1.29 is 14.3 Å². The van der Waals surface area contributed by atoms with Gasteiger partial charge in [0, 0.05) is 29.1 Å². The second-order valence-corrected chi connectivity index (χ2v) is 5.29. The molecule has 2 N–H and O–H groups in total. The van der Waals surface area contributed by atoms with E-state index in [0.29, 0.717) is 29.6 Å². The largest absolute Gasteiger partial charge is 0.450 e. The number of alkyl halides is 1. The molecule has 0 radical (unpaired) electrons. The normalized spacial score (nSPS) is 9.95. The number of carbonyl (C=O) groups excluding carboxylic acids is 2. The maximum absolute atomic E-state index is 11.5. The van der Waals surface area contributed by atoms with Crippen LogP contribution in [0, 0.1) is 0 Å². The average molecular weight is 317 g/mol. The molecule has 20 heavy (non-hydrogen) atoms. The highest BCUT2D eigenvalue weighted by molar-refractivity contribution is 7.99. The van der Waals surface area contributed by atoms with Gasteiger partial charge in [-0.05, 0) is 25.1 Å². The topological polar surface area (TPSA) is 67.4 Å². The van der Waals surface area contributed by atoms with Crippen LogP contribution < -0.4 is 10.6 Å². The highest BCUT2D eigenvalue weighted by Crippen LogP contribution is 2.30. The first-order chi connectivity index (χ1) is 9.56. The molecule has 0 aliphatic rings. The van der Waals surface area contributed by atoms with Crippen molar-refractivity contribution in [3.63, 3.8) is 0 Å². The lowest BCUT2D eigenvalue weighted by Crippen LogP contribution is -2.14. The minimum absolute atomic E-state index is 0.149. The predicted octanol–water partition coefficient (Wildman–Crippen LogP) is 3.54. The summed E-state index contributed by atoms with van der Waals surface area (Å²) in [5.41, 5.74) is 1.30. The van der Waals surface area contributed by atoms with Gasteiger partial charge in [0.25, 0.3) is 0 Å². The van der Waals surface area contributed by atoms with Gasteiger partial charge in [-0.2, -0.15) is 0 Å². The third kappa shape index (κ3) is 5.71. The van der Waals surface area contributed by atoms with Crippen LogP contribution in [0.15, 0.2) is 23.1 Å². The SMILES string of the molecule is CCOC(=O)Nc1ccc(NC(C)=O)cc1SCCCl. The van der Waals surface area contributed by atoms with Crippen LogP contribution in [-0.4, -0.2) is 30.2 Å². The zero-order valence-electron chi connectivity index (χ0n) is 11.4. The molecule has 0 aliphatic heterocycles. The van der Waals surface area contributed by atoms with Gasteiger partial charge >= 0.3 is 6.09 Å². The van der Waals surface area contributed by atoms with Gasteiger partial charge in [-0.3, -0.25) is 10.1 Å². The van der Waals surface area contributed by atoms with E-state index in [2.05, 4.69) is 10.6 Å². The summed E-state index contributed by atoms with van der Waals surface area (Å²) in [6.45, 7) is 3.49. The van der Waals surface area contributed by atoms with Gasteiger partial charge in [0.1, 0.15) is 0 Å². The summed E-state index contributed by atoms with van der Waals surface area (Å²) in [5, 5.41) is 5.36. The zero-order chi connectivity index (χ0) is 15.0. The van der Waals surface area contributed by atoms with Gasteiger partial charge in [-0.1, -0.05) is 0 Å². The lowest BCUT2D eigenvalue weighted by molar-refractivity contribution is -0.114. The monoisotopic (exact) mass is 316 g/mol. The number of rotatable bonds is 6. The quantitative estimate of drug-likeness (QED) is 0.622. The molecular formula is C13H17ClN2O3S. The Morgan fingerprint density at radius 2 is 2.10 bits per heavy atom. The number of carbonyl (C=O) groups is 2. The van der Waals surface area contributed by atoms with E-state index in [-0.39, 0.29) is 5.91 Å². The second kappa shape index (κ2) is 8.71. The number of ether oxygens (including phenoxy) is 1. The minimum atomic E-state index is -0.507. The van der Waals surface area contributed by atoms with Crippen molar-refractivity contribution in [1.82, 2.24) is 0 Å². The van der Waals surface area contributed by atoms with E-state index in [1.165, 1.54) is 18.7 Å². The Morgan fingerprint density at radius 1 is 1.35 bits per heavy atom. The van der Waals surface area contributed by atoms with E-state index in [0.717, 1.165) is 4.90 Å². The summed E-state index contributed by atoms with van der Waals surface area (Å²) in [4.78, 5) is 23.3. The van der Waals surface area contributed by atoms with Crippen molar-refractivity contribution in [3.8, 4) is 0 Å². The molecule has 7 heteroatoms. The molecule has 1 aromatic carbocycles. The lowest BCUT2D eigenvalue weighted by Gasteiger charge is -2.12. The van der Waals surface area contributed by atoms with Gasteiger partial charge in [0.2, 0.25) is 5.91 Å². The summed E-state index contributed by atoms with van der Waals surface area (Å²) in [6.07, 6.45) is -0.507. The van der Waals surface area contributed by atoms with E-state index in [1.807, 2.05) is 0 Å².